The predicted molar refractivity (Wildman–Crippen MR) is 102 cm³/mol. The van der Waals surface area contributed by atoms with Crippen molar-refractivity contribution in [1.29, 1.82) is 0 Å². The second kappa shape index (κ2) is 6.88. The number of amidine groups is 1. The summed E-state index contributed by atoms with van der Waals surface area (Å²) in [5.41, 5.74) is -0.0346. The lowest BCUT2D eigenvalue weighted by atomic mass is 10.1. The van der Waals surface area contributed by atoms with Gasteiger partial charge in [-0.2, -0.15) is 0 Å². The highest BCUT2D eigenvalue weighted by molar-refractivity contribution is 9.10. The molecule has 0 bridgehead atoms. The average molecular weight is 409 g/mol. The van der Waals surface area contributed by atoms with Gasteiger partial charge < -0.3 is 0 Å². The first-order valence-corrected chi connectivity index (χ1v) is 9.93. The number of carbonyl (C=O) groups is 1. The van der Waals surface area contributed by atoms with E-state index < -0.39 is 5.66 Å². The molecule has 0 aliphatic carbocycles. The minimum Gasteiger partial charge on any atom is -0.298 e. The molecule has 0 atom stereocenters. The van der Waals surface area contributed by atoms with Crippen LogP contribution in [-0.4, -0.2) is 27.5 Å². The maximum atomic E-state index is 12.7. The number of benzene rings is 1. The van der Waals surface area contributed by atoms with Crippen LogP contribution in [0.5, 0.6) is 0 Å². The minimum atomic E-state index is -0.594. The number of hydrogen-bond donors (Lipinski definition) is 1. The maximum absolute atomic E-state index is 12.7. The zero-order valence-corrected chi connectivity index (χ0v) is 16.5. The summed E-state index contributed by atoms with van der Waals surface area (Å²) in [6.07, 6.45) is 3.49. The van der Waals surface area contributed by atoms with E-state index in [1.165, 1.54) is 12.8 Å². The number of unbranched alkanes of at least 4 members (excludes halogenated alkanes) is 2. The van der Waals surface area contributed by atoms with E-state index in [0.717, 1.165) is 27.2 Å². The van der Waals surface area contributed by atoms with Gasteiger partial charge in [0.25, 0.3) is 5.91 Å². The van der Waals surface area contributed by atoms with Gasteiger partial charge in [0.15, 0.2) is 5.17 Å². The smallest absolute Gasteiger partial charge is 0.276 e. The fourth-order valence-electron chi connectivity index (χ4n) is 2.77. The van der Waals surface area contributed by atoms with Gasteiger partial charge in [-0.25, -0.2) is 5.01 Å². The van der Waals surface area contributed by atoms with Crippen LogP contribution in [0.3, 0.4) is 0 Å². The summed E-state index contributed by atoms with van der Waals surface area (Å²) in [5.74, 6) is 0.834. The molecule has 0 unspecified atom stereocenters. The Morgan fingerprint density at radius 2 is 2.12 bits per heavy atom. The summed E-state index contributed by atoms with van der Waals surface area (Å²) in [6.45, 7) is 6.12. The SMILES string of the molecule is CCCCCSC1=NN2C(=c3cc(Br)ccc3=NC2(C)C)C(=O)N1. The average Bonchev–Trinajstić information content (AvgIpc) is 2.52. The number of nitrogens with zero attached hydrogens (tertiary/aromatic N) is 3. The largest absolute Gasteiger partial charge is 0.298 e. The number of thioether (sulfide) groups is 1. The third kappa shape index (κ3) is 3.37. The molecule has 0 radical (unpaired) electrons. The first-order valence-electron chi connectivity index (χ1n) is 8.15. The first-order chi connectivity index (χ1) is 11.4. The topological polar surface area (TPSA) is 57.1 Å². The Hall–Kier alpha value is -1.34. The number of hydrogen-bond acceptors (Lipinski definition) is 5. The summed E-state index contributed by atoms with van der Waals surface area (Å²) in [7, 11) is 0. The Balaban J connectivity index is 2.01. The third-order valence-corrected chi connectivity index (χ3v) is 5.39. The van der Waals surface area contributed by atoms with Crippen molar-refractivity contribution < 1.29 is 4.79 Å². The first kappa shape index (κ1) is 17.5. The molecule has 7 heteroatoms. The summed E-state index contributed by atoms with van der Waals surface area (Å²) < 4.78 is 0.917. The van der Waals surface area contributed by atoms with Crippen molar-refractivity contribution in [1.82, 2.24) is 10.3 Å². The van der Waals surface area contributed by atoms with Gasteiger partial charge in [0.05, 0.1) is 5.36 Å². The Kier molecular flexibility index (Phi) is 5.01. The van der Waals surface area contributed by atoms with Crippen LogP contribution in [0.15, 0.2) is 32.8 Å². The van der Waals surface area contributed by atoms with Crippen LogP contribution in [-0.2, 0) is 4.79 Å². The molecule has 0 fully saturated rings. The van der Waals surface area contributed by atoms with Crippen molar-refractivity contribution >= 4 is 44.5 Å². The summed E-state index contributed by atoms with van der Waals surface area (Å²) in [5, 5.41) is 11.6. The predicted octanol–water partition coefficient (Wildman–Crippen LogP) is 2.55. The van der Waals surface area contributed by atoms with Crippen LogP contribution in [0.25, 0.3) is 5.70 Å². The fraction of sp³-hybridized carbons (Fsp3) is 0.471. The van der Waals surface area contributed by atoms with Crippen LogP contribution in [0.2, 0.25) is 0 Å². The van der Waals surface area contributed by atoms with Gasteiger partial charge in [-0.15, -0.1) is 5.10 Å². The second-order valence-corrected chi connectivity index (χ2v) is 8.34. The van der Waals surface area contributed by atoms with Crippen LogP contribution >= 0.6 is 27.7 Å². The lowest BCUT2D eigenvalue weighted by Crippen LogP contribution is -2.56. The van der Waals surface area contributed by atoms with Gasteiger partial charge in [-0.3, -0.25) is 15.1 Å². The number of amides is 1. The number of halogens is 1. The van der Waals surface area contributed by atoms with Crippen LogP contribution in [0.4, 0.5) is 0 Å². The Labute approximate surface area is 154 Å². The van der Waals surface area contributed by atoms with E-state index in [1.807, 2.05) is 32.0 Å². The highest BCUT2D eigenvalue weighted by atomic mass is 79.9. The van der Waals surface area contributed by atoms with Crippen molar-refractivity contribution in [3.05, 3.63) is 33.2 Å². The van der Waals surface area contributed by atoms with Crippen LogP contribution in [0, 0.1) is 0 Å². The minimum absolute atomic E-state index is 0.120. The summed E-state index contributed by atoms with van der Waals surface area (Å²) in [6, 6.07) is 5.79. The van der Waals surface area contributed by atoms with Gasteiger partial charge in [0.2, 0.25) is 0 Å². The molecule has 1 N–H and O–H groups in total. The Morgan fingerprint density at radius 3 is 2.88 bits per heavy atom. The number of hydrazone groups is 1. The van der Waals surface area contributed by atoms with E-state index in [1.54, 1.807) is 16.8 Å². The molecule has 0 aromatic heterocycles. The third-order valence-electron chi connectivity index (χ3n) is 3.95. The van der Waals surface area contributed by atoms with Crippen molar-refractivity contribution in [3.63, 3.8) is 0 Å². The van der Waals surface area contributed by atoms with Crippen molar-refractivity contribution in [2.45, 2.75) is 45.7 Å². The molecular formula is C17H21BrN4OS. The molecule has 1 amide bonds. The summed E-state index contributed by atoms with van der Waals surface area (Å²) in [4.78, 5) is 17.5. The number of carbonyl (C=O) groups excluding carboxylic acids is 1. The van der Waals surface area contributed by atoms with Gasteiger partial charge in [-0.1, -0.05) is 47.5 Å². The van der Waals surface area contributed by atoms with E-state index in [-0.39, 0.29) is 5.91 Å². The van der Waals surface area contributed by atoms with Gasteiger partial charge >= 0.3 is 0 Å². The number of fused-ring (bicyclic) bond motifs is 2. The zero-order valence-electron chi connectivity index (χ0n) is 14.1. The fourth-order valence-corrected chi connectivity index (χ4v) is 3.98. The molecular weight excluding hydrogens is 388 g/mol. The molecule has 5 nitrogen and oxygen atoms in total. The van der Waals surface area contributed by atoms with Gasteiger partial charge in [-0.05, 0) is 38.5 Å². The molecule has 1 aromatic rings. The molecule has 2 aliphatic heterocycles. The van der Waals surface area contributed by atoms with Crippen LogP contribution < -0.4 is 15.9 Å². The molecule has 0 saturated heterocycles. The molecule has 2 heterocycles. The molecule has 0 saturated carbocycles. The Morgan fingerprint density at radius 1 is 1.33 bits per heavy atom. The van der Waals surface area contributed by atoms with E-state index >= 15 is 0 Å². The number of rotatable bonds is 4. The molecule has 0 spiro atoms. The van der Waals surface area contributed by atoms with E-state index in [0.29, 0.717) is 10.9 Å². The molecule has 3 rings (SSSR count). The standard InChI is InChI=1S/C17H21BrN4OS/c1-4-5-6-9-24-16-19-15(23)14-12-10-11(18)7-8-13(12)20-17(2,3)22(14)21-16/h7-8,10H,4-6,9H2,1-3H3,(H,19,21,23). The quantitative estimate of drug-likeness (QED) is 0.778. The lowest BCUT2D eigenvalue weighted by molar-refractivity contribution is -0.116. The second-order valence-electron chi connectivity index (χ2n) is 6.34. The monoisotopic (exact) mass is 408 g/mol. The zero-order chi connectivity index (χ0) is 17.3. The molecule has 24 heavy (non-hydrogen) atoms. The lowest BCUT2D eigenvalue weighted by Gasteiger charge is -2.38. The van der Waals surface area contributed by atoms with E-state index in [2.05, 4.69) is 33.3 Å². The normalized spacial score (nSPS) is 18.3. The van der Waals surface area contributed by atoms with Crippen molar-refractivity contribution in [3.8, 4) is 0 Å². The molecule has 128 valence electrons. The van der Waals surface area contributed by atoms with Gasteiger partial charge in [0.1, 0.15) is 11.4 Å². The highest BCUT2D eigenvalue weighted by Crippen LogP contribution is 2.28. The molecule has 2 aliphatic rings. The van der Waals surface area contributed by atoms with Crippen molar-refractivity contribution in [2.24, 2.45) is 10.1 Å². The Bertz CT molecular complexity index is 818. The summed E-state index contributed by atoms with van der Waals surface area (Å²) >= 11 is 5.07. The number of nitrogens with one attached hydrogen (secondary N) is 1. The highest BCUT2D eigenvalue weighted by Gasteiger charge is 2.38. The van der Waals surface area contributed by atoms with Crippen molar-refractivity contribution in [2.75, 3.05) is 5.75 Å². The maximum Gasteiger partial charge on any atom is 0.276 e. The molecule has 1 aromatic carbocycles. The van der Waals surface area contributed by atoms with Crippen LogP contribution in [0.1, 0.15) is 40.0 Å². The van der Waals surface area contributed by atoms with E-state index in [9.17, 15) is 4.79 Å². The van der Waals surface area contributed by atoms with Gasteiger partial charge in [0, 0.05) is 15.4 Å². The van der Waals surface area contributed by atoms with E-state index in [4.69, 9.17) is 4.99 Å².